The van der Waals surface area contributed by atoms with Gasteiger partial charge in [-0.3, -0.25) is 43.2 Å². The van der Waals surface area contributed by atoms with Crippen LogP contribution in [0.3, 0.4) is 0 Å². The lowest BCUT2D eigenvalue weighted by atomic mass is 10.1. The molecule has 121 heavy (non-hydrogen) atoms. The topological polar surface area (TPSA) is 252 Å². The smallest absolute Gasteiger partial charge is 0.305 e. The molecule has 0 rings (SSSR count). The maximum Gasteiger partial charge on any atom is 0.305 e. The quantitative estimate of drug-likeness (QED) is 0.0222. The molecule has 0 aromatic carbocycles. The van der Waals surface area contributed by atoms with E-state index in [0.717, 1.165) is 180 Å². The van der Waals surface area contributed by atoms with Crippen LogP contribution in [-0.2, 0) is 71.6 Å². The van der Waals surface area contributed by atoms with Crippen LogP contribution in [0, 0.1) is 0 Å². The van der Waals surface area contributed by atoms with Gasteiger partial charge in [-0.15, -0.1) is 0 Å². The van der Waals surface area contributed by atoms with Crippen molar-refractivity contribution in [1.82, 2.24) is 25.8 Å². The van der Waals surface area contributed by atoms with E-state index in [2.05, 4.69) is 141 Å². The Balaban J connectivity index is 5.78. The van der Waals surface area contributed by atoms with Crippen LogP contribution in [0.1, 0.15) is 394 Å². The zero-order valence-corrected chi connectivity index (χ0v) is 77.3. The summed E-state index contributed by atoms with van der Waals surface area (Å²) in [6.45, 7) is 13.2. The number of rotatable bonds is 89. The van der Waals surface area contributed by atoms with Crippen LogP contribution in [0.2, 0.25) is 0 Å². The van der Waals surface area contributed by atoms with Gasteiger partial charge in [0.1, 0.15) is 32.5 Å². The minimum Gasteiger partial charge on any atom is -0.464 e. The second-order valence-corrected chi connectivity index (χ2v) is 32.0. The number of nitrogens with one attached hydrogen (secondary N) is 3. The van der Waals surface area contributed by atoms with E-state index >= 15 is 0 Å². The first-order valence-corrected chi connectivity index (χ1v) is 48.7. The molecule has 20 heteroatoms. The fourth-order valence-corrected chi connectivity index (χ4v) is 13.4. The molecule has 0 aliphatic carbocycles. The first kappa shape index (κ1) is 114. The van der Waals surface area contributed by atoms with Crippen molar-refractivity contribution in [2.24, 2.45) is 0 Å². The van der Waals surface area contributed by atoms with Gasteiger partial charge >= 0.3 is 23.9 Å². The number of hydrogen-bond acceptors (Lipinski definition) is 15. The molecule has 5 amide bonds. The van der Waals surface area contributed by atoms with Crippen molar-refractivity contribution in [2.75, 3.05) is 92.1 Å². The fourth-order valence-electron chi connectivity index (χ4n) is 13.4. The highest BCUT2D eigenvalue weighted by atomic mass is 16.5. The maximum absolute atomic E-state index is 14.0. The van der Waals surface area contributed by atoms with Crippen molar-refractivity contribution >= 4 is 53.4 Å². The molecular weight excluding hydrogens is 1520 g/mol. The number of unbranched alkanes of at least 4 members (excludes halogenated alkanes) is 33. The standard InChI is InChI=1S/C101H175N5O15/c1-6-11-15-19-23-27-31-35-39-43-47-51-55-59-63-71-97(111)118-86-81-105(82-87-119-98(112)72-64-60-56-52-48-44-40-36-32-28-24-20-16-12-7-2)95(109)77-75-93(107)102-79-68-67-70-92(101(115)103-80-69-85-117-91-90-116-10-5)104-94(108)76-78-96(110)106(83-88-120-99(113)73-65-61-57-53-49-45-41-37-33-29-25-21-17-13-8-3)84-89-121-100(114)74-66-62-58-54-50-46-42-38-34-30-26-22-18-14-9-4/h23-30,35-42,92H,6-22,31-34,43-91H2,1-5H3,(H,102,107)(H,103,115)(H,104,108)/b27-23-,28-24-,29-25-,30-26-,39-35-,40-36-,41-37-,42-38-/t92-/m0/s1. The summed E-state index contributed by atoms with van der Waals surface area (Å²) in [5.41, 5.74) is 0. The van der Waals surface area contributed by atoms with Gasteiger partial charge in [-0.1, -0.05) is 253 Å². The first-order chi connectivity index (χ1) is 59.3. The van der Waals surface area contributed by atoms with Crippen LogP contribution in [0.15, 0.2) is 97.2 Å². The van der Waals surface area contributed by atoms with Gasteiger partial charge in [0.15, 0.2) is 0 Å². The van der Waals surface area contributed by atoms with E-state index < -0.39 is 23.8 Å². The normalized spacial score (nSPS) is 12.1. The molecule has 0 radical (unpaired) electrons. The van der Waals surface area contributed by atoms with Crippen molar-refractivity contribution in [2.45, 2.75) is 400 Å². The highest BCUT2D eigenvalue weighted by Crippen LogP contribution is 2.16. The van der Waals surface area contributed by atoms with E-state index in [1.807, 2.05) is 6.92 Å². The molecule has 3 N–H and O–H groups in total. The summed E-state index contributed by atoms with van der Waals surface area (Å²) in [7, 11) is 0. The van der Waals surface area contributed by atoms with E-state index in [9.17, 15) is 43.2 Å². The minimum absolute atomic E-state index is 0.0358. The summed E-state index contributed by atoms with van der Waals surface area (Å²) in [6.07, 6.45) is 85.0. The highest BCUT2D eigenvalue weighted by molar-refractivity contribution is 5.89. The predicted octanol–water partition coefficient (Wildman–Crippen LogP) is 23.0. The number of hydrogen-bond donors (Lipinski definition) is 3. The van der Waals surface area contributed by atoms with E-state index in [1.165, 1.54) is 86.8 Å². The minimum atomic E-state index is -0.968. The van der Waals surface area contributed by atoms with Gasteiger partial charge in [0, 0.05) is 77.7 Å². The summed E-state index contributed by atoms with van der Waals surface area (Å²) in [5, 5.41) is 8.63. The van der Waals surface area contributed by atoms with E-state index in [0.29, 0.717) is 71.4 Å². The van der Waals surface area contributed by atoms with Crippen molar-refractivity contribution in [3.63, 3.8) is 0 Å². The Morgan fingerprint density at radius 1 is 0.264 bits per heavy atom. The zero-order valence-electron chi connectivity index (χ0n) is 77.3. The summed E-state index contributed by atoms with van der Waals surface area (Å²) in [6, 6.07) is -0.968. The molecule has 0 heterocycles. The van der Waals surface area contributed by atoms with Crippen molar-refractivity contribution in [1.29, 1.82) is 0 Å². The Kier molecular flexibility index (Phi) is 87.0. The van der Waals surface area contributed by atoms with Crippen LogP contribution < -0.4 is 16.0 Å². The van der Waals surface area contributed by atoms with Crippen molar-refractivity contribution < 1.29 is 71.6 Å². The molecule has 0 fully saturated rings. The largest absolute Gasteiger partial charge is 0.464 e. The van der Waals surface area contributed by atoms with E-state index in [1.54, 1.807) is 0 Å². The summed E-state index contributed by atoms with van der Waals surface area (Å²) in [4.78, 5) is 123. The molecule has 0 aliphatic rings. The second kappa shape index (κ2) is 92.3. The molecule has 0 unspecified atom stereocenters. The molecule has 20 nitrogen and oxygen atoms in total. The molecule has 0 aromatic rings. The number of carbonyl (C=O) groups excluding carboxylic acids is 9. The predicted molar refractivity (Wildman–Crippen MR) is 497 cm³/mol. The third kappa shape index (κ3) is 83.7. The average molecular weight is 1700 g/mol. The molecule has 0 bridgehead atoms. The molecule has 0 aliphatic heterocycles. The number of allylic oxidation sites excluding steroid dienone is 16. The maximum atomic E-state index is 14.0. The van der Waals surface area contributed by atoms with Gasteiger partial charge in [-0.05, 0) is 187 Å². The number of esters is 4. The average Bonchev–Trinajstić information content (AvgIpc) is 0.907. The van der Waals surface area contributed by atoms with Crippen LogP contribution in [-0.4, -0.2) is 161 Å². The van der Waals surface area contributed by atoms with Crippen molar-refractivity contribution in [3.05, 3.63) is 97.2 Å². The van der Waals surface area contributed by atoms with Crippen LogP contribution in [0.5, 0.6) is 0 Å². The molecular formula is C101H175N5O15. The van der Waals surface area contributed by atoms with Crippen LogP contribution in [0.25, 0.3) is 0 Å². The SMILES string of the molecule is CCCCC/C=C\C/C=C\CCCCCCCC(=O)OCCN(CCOC(=O)CCCCCCC/C=C\C/C=C\CCCCC)C(=O)CCC(=O)NCCCC[C@H](NC(=O)CCC(=O)N(CCOC(=O)CCCCCCC/C=C\C/C=C\CCCCC)CCOC(=O)CCCCCCC/C=C\C/C=C\CCCCC)C(=O)NCCCOCCOCC. The van der Waals surface area contributed by atoms with E-state index in [4.69, 9.17) is 28.4 Å². The van der Waals surface area contributed by atoms with Gasteiger partial charge < -0.3 is 54.2 Å². The van der Waals surface area contributed by atoms with Gasteiger partial charge in [0.25, 0.3) is 0 Å². The number of nitrogens with zero attached hydrogens (tertiary/aromatic N) is 2. The second-order valence-electron chi connectivity index (χ2n) is 32.0. The molecule has 0 saturated heterocycles. The number of amides is 5. The van der Waals surface area contributed by atoms with Crippen LogP contribution >= 0.6 is 0 Å². The number of carbonyl (C=O) groups is 9. The summed E-state index contributed by atoms with van der Waals surface area (Å²) in [5.74, 6) is -3.43. The van der Waals surface area contributed by atoms with Crippen LogP contribution in [0.4, 0.5) is 0 Å². The van der Waals surface area contributed by atoms with Crippen molar-refractivity contribution in [3.8, 4) is 0 Å². The van der Waals surface area contributed by atoms with E-state index in [-0.39, 0.29) is 159 Å². The third-order valence-electron chi connectivity index (χ3n) is 20.9. The Morgan fingerprint density at radius 3 is 0.876 bits per heavy atom. The van der Waals surface area contributed by atoms with Gasteiger partial charge in [-0.2, -0.15) is 0 Å². The lowest BCUT2D eigenvalue weighted by molar-refractivity contribution is -0.148. The molecule has 694 valence electrons. The molecule has 1 atom stereocenters. The zero-order chi connectivity index (χ0) is 88.1. The summed E-state index contributed by atoms with van der Waals surface area (Å²) < 4.78 is 33.4. The third-order valence-corrected chi connectivity index (χ3v) is 20.9. The Hall–Kier alpha value is -6.93. The highest BCUT2D eigenvalue weighted by Gasteiger charge is 2.24. The Bertz CT molecular complexity index is 2630. The molecule has 0 saturated carbocycles. The van der Waals surface area contributed by atoms with Gasteiger partial charge in [0.05, 0.1) is 39.4 Å². The van der Waals surface area contributed by atoms with Gasteiger partial charge in [-0.25, -0.2) is 0 Å². The monoisotopic (exact) mass is 1700 g/mol. The lowest BCUT2D eigenvalue weighted by Crippen LogP contribution is -2.47. The Morgan fingerprint density at radius 2 is 0.554 bits per heavy atom. The first-order valence-electron chi connectivity index (χ1n) is 48.7. The summed E-state index contributed by atoms with van der Waals surface area (Å²) >= 11 is 0. The molecule has 0 spiro atoms. The fraction of sp³-hybridized carbons (Fsp3) is 0.752. The molecule has 0 aromatic heterocycles. The van der Waals surface area contributed by atoms with Gasteiger partial charge in [0.2, 0.25) is 29.5 Å². The Labute approximate surface area is 736 Å². The number of ether oxygens (including phenoxy) is 6. The lowest BCUT2D eigenvalue weighted by Gasteiger charge is -2.23.